The minimum absolute atomic E-state index is 0.251. The van der Waals surface area contributed by atoms with Crippen LogP contribution in [0.1, 0.15) is 28.3 Å². The van der Waals surface area contributed by atoms with Crippen molar-refractivity contribution in [1.29, 1.82) is 0 Å². The first kappa shape index (κ1) is 15.4. The van der Waals surface area contributed by atoms with E-state index >= 15 is 0 Å². The van der Waals surface area contributed by atoms with Crippen molar-refractivity contribution in [2.45, 2.75) is 19.9 Å². The van der Waals surface area contributed by atoms with Gasteiger partial charge in [0.2, 0.25) is 0 Å². The molecule has 20 heavy (non-hydrogen) atoms. The molecule has 2 rings (SSSR count). The summed E-state index contributed by atoms with van der Waals surface area (Å²) in [6, 6.07) is 9.61. The third-order valence-corrected chi connectivity index (χ3v) is 4.16. The normalized spacial score (nSPS) is 12.3. The first-order valence-electron chi connectivity index (χ1n) is 6.29. The summed E-state index contributed by atoms with van der Waals surface area (Å²) in [5.74, 6) is 0.905. The maximum absolute atomic E-state index is 6.36. The van der Waals surface area contributed by atoms with Crippen LogP contribution in [0.4, 0.5) is 0 Å². The molecule has 2 N–H and O–H groups in total. The molecule has 4 heteroatoms. The van der Waals surface area contributed by atoms with Gasteiger partial charge < -0.3 is 10.5 Å². The second-order valence-corrected chi connectivity index (χ2v) is 6.15. The minimum atomic E-state index is -0.251. The molecule has 0 heterocycles. The predicted molar refractivity (Wildman–Crippen MR) is 87.7 cm³/mol. The van der Waals surface area contributed by atoms with Crippen molar-refractivity contribution in [1.82, 2.24) is 0 Å². The molecule has 0 aliphatic heterocycles. The molecule has 0 spiro atoms. The Morgan fingerprint density at radius 1 is 1.15 bits per heavy atom. The highest BCUT2D eigenvalue weighted by Gasteiger charge is 2.15. The van der Waals surface area contributed by atoms with E-state index in [9.17, 15) is 0 Å². The Morgan fingerprint density at radius 2 is 1.75 bits per heavy atom. The van der Waals surface area contributed by atoms with E-state index in [-0.39, 0.29) is 6.04 Å². The van der Waals surface area contributed by atoms with E-state index in [1.807, 2.05) is 32.0 Å². The Kier molecular flexibility index (Phi) is 4.74. The highest BCUT2D eigenvalue weighted by atomic mass is 79.9. The van der Waals surface area contributed by atoms with Gasteiger partial charge in [-0.1, -0.05) is 45.7 Å². The van der Waals surface area contributed by atoms with Gasteiger partial charge in [-0.2, -0.15) is 0 Å². The van der Waals surface area contributed by atoms with Gasteiger partial charge in [0.1, 0.15) is 5.75 Å². The first-order valence-corrected chi connectivity index (χ1v) is 7.46. The van der Waals surface area contributed by atoms with Gasteiger partial charge in [0.05, 0.1) is 13.2 Å². The van der Waals surface area contributed by atoms with Crippen LogP contribution in [-0.4, -0.2) is 7.11 Å². The van der Waals surface area contributed by atoms with Gasteiger partial charge in [0, 0.05) is 9.50 Å². The molecule has 0 saturated carbocycles. The molecule has 0 radical (unpaired) electrons. The minimum Gasteiger partial charge on any atom is -0.496 e. The Morgan fingerprint density at radius 3 is 2.25 bits per heavy atom. The number of ether oxygens (including phenoxy) is 1. The van der Waals surface area contributed by atoms with E-state index in [0.29, 0.717) is 5.02 Å². The molecule has 2 aromatic rings. The molecule has 1 unspecified atom stereocenters. The molecular formula is C16H17BrClNO. The van der Waals surface area contributed by atoms with Crippen LogP contribution < -0.4 is 10.5 Å². The second-order valence-electron chi connectivity index (χ2n) is 4.83. The number of rotatable bonds is 3. The topological polar surface area (TPSA) is 35.2 Å². The van der Waals surface area contributed by atoms with Crippen molar-refractivity contribution in [2.24, 2.45) is 5.73 Å². The van der Waals surface area contributed by atoms with Gasteiger partial charge in [-0.15, -0.1) is 0 Å². The molecule has 1 atom stereocenters. The van der Waals surface area contributed by atoms with Crippen LogP contribution in [0.3, 0.4) is 0 Å². The van der Waals surface area contributed by atoms with Crippen LogP contribution in [0.15, 0.2) is 34.8 Å². The summed E-state index contributed by atoms with van der Waals surface area (Å²) in [7, 11) is 1.68. The molecule has 2 nitrogen and oxygen atoms in total. The van der Waals surface area contributed by atoms with Gasteiger partial charge in [-0.25, -0.2) is 0 Å². The van der Waals surface area contributed by atoms with Crippen LogP contribution in [0, 0.1) is 13.8 Å². The Hall–Kier alpha value is -1.03. The zero-order chi connectivity index (χ0) is 14.9. The van der Waals surface area contributed by atoms with Crippen molar-refractivity contribution < 1.29 is 4.74 Å². The van der Waals surface area contributed by atoms with Crippen molar-refractivity contribution in [3.63, 3.8) is 0 Å². The summed E-state index contributed by atoms with van der Waals surface area (Å²) in [6.45, 7) is 4.04. The van der Waals surface area contributed by atoms with Crippen LogP contribution in [-0.2, 0) is 0 Å². The van der Waals surface area contributed by atoms with Crippen LogP contribution in [0.25, 0.3) is 0 Å². The number of nitrogens with two attached hydrogens (primary N) is 1. The standard InChI is InChI=1S/C16H17BrClNO/c1-9-6-11(7-10(2)16(9)20-3)15(19)13-5-4-12(17)8-14(13)18/h4-8,15H,19H2,1-3H3. The fourth-order valence-corrected chi connectivity index (χ4v) is 3.21. The van der Waals surface area contributed by atoms with Crippen LogP contribution >= 0.6 is 27.5 Å². The quantitative estimate of drug-likeness (QED) is 0.861. The van der Waals surface area contributed by atoms with Gasteiger partial charge in [0.25, 0.3) is 0 Å². The molecule has 106 valence electrons. The number of hydrogen-bond donors (Lipinski definition) is 1. The molecular weight excluding hydrogens is 338 g/mol. The smallest absolute Gasteiger partial charge is 0.124 e. The maximum Gasteiger partial charge on any atom is 0.124 e. The first-order chi connectivity index (χ1) is 9.43. The summed E-state index contributed by atoms with van der Waals surface area (Å²) >= 11 is 9.68. The van der Waals surface area contributed by atoms with E-state index in [1.165, 1.54) is 0 Å². The zero-order valence-corrected chi connectivity index (χ0v) is 14.0. The van der Waals surface area contributed by atoms with Crippen molar-refractivity contribution >= 4 is 27.5 Å². The molecule has 0 aliphatic carbocycles. The predicted octanol–water partition coefficient (Wildman–Crippen LogP) is 4.78. The number of methoxy groups -OCH3 is 1. The molecule has 0 saturated heterocycles. The van der Waals surface area contributed by atoms with E-state index in [4.69, 9.17) is 22.1 Å². The van der Waals surface area contributed by atoms with Gasteiger partial charge in [-0.05, 0) is 48.2 Å². The van der Waals surface area contributed by atoms with Crippen LogP contribution in [0.5, 0.6) is 5.75 Å². The zero-order valence-electron chi connectivity index (χ0n) is 11.7. The maximum atomic E-state index is 6.36. The Bertz CT molecular complexity index is 619. The van der Waals surface area contributed by atoms with E-state index in [1.54, 1.807) is 7.11 Å². The second kappa shape index (κ2) is 6.17. The van der Waals surface area contributed by atoms with Gasteiger partial charge in [0.15, 0.2) is 0 Å². The highest BCUT2D eigenvalue weighted by molar-refractivity contribution is 9.10. The summed E-state index contributed by atoms with van der Waals surface area (Å²) in [4.78, 5) is 0. The average molecular weight is 355 g/mol. The number of benzene rings is 2. The van der Waals surface area contributed by atoms with Crippen molar-refractivity contribution in [2.75, 3.05) is 7.11 Å². The lowest BCUT2D eigenvalue weighted by atomic mass is 9.95. The summed E-state index contributed by atoms with van der Waals surface area (Å²) in [5.41, 5.74) is 10.5. The third kappa shape index (κ3) is 3.00. The molecule has 0 bridgehead atoms. The van der Waals surface area contributed by atoms with Crippen LogP contribution in [0.2, 0.25) is 5.02 Å². The largest absolute Gasteiger partial charge is 0.496 e. The lowest BCUT2D eigenvalue weighted by Crippen LogP contribution is -2.13. The molecule has 2 aromatic carbocycles. The molecule has 0 fully saturated rings. The number of halogens is 2. The average Bonchev–Trinajstić information content (AvgIpc) is 2.37. The molecule has 0 aromatic heterocycles. The Balaban J connectivity index is 2.45. The lowest BCUT2D eigenvalue weighted by Gasteiger charge is -2.18. The fourth-order valence-electron chi connectivity index (χ4n) is 2.42. The monoisotopic (exact) mass is 353 g/mol. The van der Waals surface area contributed by atoms with E-state index < -0.39 is 0 Å². The number of aryl methyl sites for hydroxylation is 2. The summed E-state index contributed by atoms with van der Waals surface area (Å²) in [6.07, 6.45) is 0. The lowest BCUT2D eigenvalue weighted by molar-refractivity contribution is 0.408. The van der Waals surface area contributed by atoms with E-state index in [0.717, 1.165) is 32.5 Å². The summed E-state index contributed by atoms with van der Waals surface area (Å²) in [5, 5.41) is 0.665. The SMILES string of the molecule is COc1c(C)cc(C(N)c2ccc(Br)cc2Cl)cc1C. The number of hydrogen-bond acceptors (Lipinski definition) is 2. The summed E-state index contributed by atoms with van der Waals surface area (Å²) < 4.78 is 6.33. The highest BCUT2D eigenvalue weighted by Crippen LogP contribution is 2.32. The molecule has 0 aliphatic rings. The molecule has 0 amide bonds. The van der Waals surface area contributed by atoms with Crippen molar-refractivity contribution in [3.05, 3.63) is 62.1 Å². The third-order valence-electron chi connectivity index (χ3n) is 3.34. The fraction of sp³-hybridized carbons (Fsp3) is 0.250. The Labute approximate surface area is 133 Å². The van der Waals surface area contributed by atoms with Gasteiger partial charge >= 0.3 is 0 Å². The van der Waals surface area contributed by atoms with E-state index in [2.05, 4.69) is 28.1 Å². The van der Waals surface area contributed by atoms with Gasteiger partial charge in [-0.3, -0.25) is 0 Å². The van der Waals surface area contributed by atoms with Crippen molar-refractivity contribution in [3.8, 4) is 5.75 Å².